The van der Waals surface area contributed by atoms with Crippen molar-refractivity contribution in [2.75, 3.05) is 6.61 Å². The zero-order chi connectivity index (χ0) is 11.6. The molecule has 0 aromatic rings. The number of ketones is 1. The number of carbonyl (C=O) groups excluding carboxylic acids is 1. The van der Waals surface area contributed by atoms with E-state index in [1.807, 2.05) is 0 Å². The van der Waals surface area contributed by atoms with Crippen molar-refractivity contribution >= 4 is 5.78 Å². The molecule has 14 heavy (non-hydrogen) atoms. The zero-order valence-electron chi connectivity index (χ0n) is 7.49. The SMILES string of the molecule is CC(C)OCC(F)(F)C(=O)C(F)(F)F. The molecule has 0 aromatic carbocycles. The van der Waals surface area contributed by atoms with E-state index in [1.165, 1.54) is 13.8 Å². The van der Waals surface area contributed by atoms with Crippen LogP contribution in [0.4, 0.5) is 22.0 Å². The Morgan fingerprint density at radius 3 is 1.93 bits per heavy atom. The topological polar surface area (TPSA) is 26.3 Å². The molecule has 0 saturated heterocycles. The zero-order valence-corrected chi connectivity index (χ0v) is 7.49. The van der Waals surface area contributed by atoms with Gasteiger partial charge in [0.2, 0.25) is 0 Å². The van der Waals surface area contributed by atoms with Crippen LogP contribution in [-0.2, 0) is 9.53 Å². The average molecular weight is 220 g/mol. The van der Waals surface area contributed by atoms with Crippen molar-refractivity contribution in [2.24, 2.45) is 0 Å². The van der Waals surface area contributed by atoms with Gasteiger partial charge in [-0.25, -0.2) is 0 Å². The summed E-state index contributed by atoms with van der Waals surface area (Å²) in [4.78, 5) is 10.1. The van der Waals surface area contributed by atoms with Crippen molar-refractivity contribution in [3.63, 3.8) is 0 Å². The average Bonchev–Trinajstić information content (AvgIpc) is 1.98. The van der Waals surface area contributed by atoms with Crippen molar-refractivity contribution in [3.8, 4) is 0 Å². The van der Waals surface area contributed by atoms with Gasteiger partial charge in [-0.3, -0.25) is 4.79 Å². The van der Waals surface area contributed by atoms with Crippen LogP contribution in [0.15, 0.2) is 0 Å². The number of carbonyl (C=O) groups is 1. The Balaban J connectivity index is 4.39. The molecule has 0 spiro atoms. The van der Waals surface area contributed by atoms with E-state index < -0.39 is 30.6 Å². The number of Topliss-reactive ketones (excluding diaryl/α,β-unsaturated/α-hetero) is 1. The molecular formula is C7H9F5O2. The van der Waals surface area contributed by atoms with Crippen LogP contribution in [0.5, 0.6) is 0 Å². The molecular weight excluding hydrogens is 211 g/mol. The maximum atomic E-state index is 12.5. The minimum absolute atomic E-state index is 0.665. The van der Waals surface area contributed by atoms with Crippen LogP contribution in [0.3, 0.4) is 0 Å². The van der Waals surface area contributed by atoms with Gasteiger partial charge in [-0.2, -0.15) is 22.0 Å². The maximum Gasteiger partial charge on any atom is 0.456 e. The Hall–Kier alpha value is -0.720. The molecule has 84 valence electrons. The minimum Gasteiger partial charge on any atom is -0.372 e. The number of ether oxygens (including phenoxy) is 1. The smallest absolute Gasteiger partial charge is 0.372 e. The summed E-state index contributed by atoms with van der Waals surface area (Å²) in [6.07, 6.45) is -6.20. The fraction of sp³-hybridized carbons (Fsp3) is 0.857. The molecule has 0 aliphatic carbocycles. The van der Waals surface area contributed by atoms with E-state index in [-0.39, 0.29) is 0 Å². The lowest BCUT2D eigenvalue weighted by atomic mass is 10.2. The fourth-order valence-electron chi connectivity index (χ4n) is 0.544. The van der Waals surface area contributed by atoms with Crippen LogP contribution >= 0.6 is 0 Å². The first kappa shape index (κ1) is 13.3. The molecule has 0 fully saturated rings. The van der Waals surface area contributed by atoms with Crippen molar-refractivity contribution in [1.82, 2.24) is 0 Å². The molecule has 0 saturated carbocycles. The van der Waals surface area contributed by atoms with Gasteiger partial charge in [0.05, 0.1) is 6.10 Å². The predicted octanol–water partition coefficient (Wildman–Crippen LogP) is 2.18. The Kier molecular flexibility index (Phi) is 3.99. The van der Waals surface area contributed by atoms with E-state index in [0.717, 1.165) is 0 Å². The molecule has 0 radical (unpaired) electrons. The van der Waals surface area contributed by atoms with Gasteiger partial charge < -0.3 is 4.74 Å². The fourth-order valence-corrected chi connectivity index (χ4v) is 0.544. The molecule has 0 aliphatic heterocycles. The summed E-state index contributed by atoms with van der Waals surface area (Å²) in [7, 11) is 0. The summed E-state index contributed by atoms with van der Waals surface area (Å²) in [6, 6.07) is 0. The molecule has 7 heteroatoms. The second kappa shape index (κ2) is 4.20. The number of rotatable bonds is 4. The minimum atomic E-state index is -5.54. The normalized spacial score (nSPS) is 13.4. The van der Waals surface area contributed by atoms with Crippen LogP contribution in [0.2, 0.25) is 0 Å². The molecule has 0 amide bonds. The molecule has 0 aromatic heterocycles. The summed E-state index contributed by atoms with van der Waals surface area (Å²) in [5.74, 6) is -7.59. The van der Waals surface area contributed by atoms with Gasteiger partial charge in [0.1, 0.15) is 6.61 Å². The Labute approximate surface area is 77.0 Å². The second-order valence-electron chi connectivity index (χ2n) is 2.89. The molecule has 0 atom stereocenters. The van der Waals surface area contributed by atoms with E-state index in [2.05, 4.69) is 4.74 Å². The molecule has 0 bridgehead atoms. The summed E-state index contributed by atoms with van der Waals surface area (Å²) < 4.78 is 64.0. The van der Waals surface area contributed by atoms with Gasteiger partial charge in [0.25, 0.3) is 0 Å². The Bertz CT molecular complexity index is 209. The van der Waals surface area contributed by atoms with Crippen molar-refractivity contribution in [1.29, 1.82) is 0 Å². The Morgan fingerprint density at radius 1 is 1.21 bits per heavy atom. The number of alkyl halides is 5. The van der Waals surface area contributed by atoms with Gasteiger partial charge >= 0.3 is 17.9 Å². The van der Waals surface area contributed by atoms with Gasteiger partial charge in [0, 0.05) is 0 Å². The molecule has 0 N–H and O–H groups in total. The first-order chi connectivity index (χ1) is 6.07. The van der Waals surface area contributed by atoms with E-state index in [0.29, 0.717) is 0 Å². The lowest BCUT2D eigenvalue weighted by Crippen LogP contribution is -2.43. The van der Waals surface area contributed by atoms with Gasteiger partial charge in [0.15, 0.2) is 0 Å². The first-order valence-electron chi connectivity index (χ1n) is 3.68. The predicted molar refractivity (Wildman–Crippen MR) is 37.1 cm³/mol. The van der Waals surface area contributed by atoms with E-state index in [4.69, 9.17) is 0 Å². The van der Waals surface area contributed by atoms with Crippen molar-refractivity contribution in [3.05, 3.63) is 0 Å². The highest BCUT2D eigenvalue weighted by molar-refractivity contribution is 5.90. The van der Waals surface area contributed by atoms with Crippen LogP contribution in [0.1, 0.15) is 13.8 Å². The van der Waals surface area contributed by atoms with Crippen molar-refractivity contribution in [2.45, 2.75) is 32.1 Å². The van der Waals surface area contributed by atoms with E-state index >= 15 is 0 Å². The Morgan fingerprint density at radius 2 is 1.64 bits per heavy atom. The third kappa shape index (κ3) is 3.99. The molecule has 2 nitrogen and oxygen atoms in total. The van der Waals surface area contributed by atoms with Gasteiger partial charge in [-0.15, -0.1) is 0 Å². The molecule has 0 rings (SSSR count). The summed E-state index contributed by atoms with van der Waals surface area (Å²) in [5, 5.41) is 0. The highest BCUT2D eigenvalue weighted by Gasteiger charge is 2.55. The number of halogens is 5. The maximum absolute atomic E-state index is 12.5. The highest BCUT2D eigenvalue weighted by Crippen LogP contribution is 2.28. The van der Waals surface area contributed by atoms with Crippen LogP contribution < -0.4 is 0 Å². The summed E-state index contributed by atoms with van der Waals surface area (Å²) >= 11 is 0. The quantitative estimate of drug-likeness (QED) is 0.679. The number of hydrogen-bond donors (Lipinski definition) is 0. The van der Waals surface area contributed by atoms with Gasteiger partial charge in [-0.1, -0.05) is 0 Å². The summed E-state index contributed by atoms with van der Waals surface area (Å²) in [6.45, 7) is 1.19. The molecule has 0 aliphatic rings. The number of hydrogen-bond acceptors (Lipinski definition) is 2. The monoisotopic (exact) mass is 220 g/mol. The molecule has 0 unspecified atom stereocenters. The largest absolute Gasteiger partial charge is 0.456 e. The van der Waals surface area contributed by atoms with E-state index in [9.17, 15) is 26.7 Å². The lowest BCUT2D eigenvalue weighted by molar-refractivity contribution is -0.202. The first-order valence-corrected chi connectivity index (χ1v) is 3.68. The van der Waals surface area contributed by atoms with Crippen LogP contribution in [0, 0.1) is 0 Å². The van der Waals surface area contributed by atoms with Crippen molar-refractivity contribution < 1.29 is 31.5 Å². The van der Waals surface area contributed by atoms with Crippen LogP contribution in [-0.4, -0.2) is 30.6 Å². The second-order valence-corrected chi connectivity index (χ2v) is 2.89. The van der Waals surface area contributed by atoms with Crippen LogP contribution in [0.25, 0.3) is 0 Å². The van der Waals surface area contributed by atoms with E-state index in [1.54, 1.807) is 0 Å². The summed E-state index contributed by atoms with van der Waals surface area (Å²) in [5.41, 5.74) is 0. The third-order valence-corrected chi connectivity index (χ3v) is 1.19. The molecule has 0 heterocycles. The standard InChI is InChI=1S/C7H9F5O2/c1-4(2)14-3-6(8,9)5(13)7(10,11)12/h4H,3H2,1-2H3. The highest BCUT2D eigenvalue weighted by atomic mass is 19.4. The van der Waals surface area contributed by atoms with Gasteiger partial charge in [-0.05, 0) is 13.8 Å². The third-order valence-electron chi connectivity index (χ3n) is 1.19. The lowest BCUT2D eigenvalue weighted by Gasteiger charge is -2.17.